The zero-order valence-electron chi connectivity index (χ0n) is 15.4. The van der Waals surface area contributed by atoms with Gasteiger partial charge in [0.05, 0.1) is 23.8 Å². The highest BCUT2D eigenvalue weighted by atomic mass is 32.1. The van der Waals surface area contributed by atoms with Gasteiger partial charge >= 0.3 is 0 Å². The van der Waals surface area contributed by atoms with E-state index >= 15 is 0 Å². The van der Waals surface area contributed by atoms with Crippen LogP contribution >= 0.6 is 11.3 Å². The summed E-state index contributed by atoms with van der Waals surface area (Å²) in [6.07, 6.45) is 9.53. The lowest BCUT2D eigenvalue weighted by molar-refractivity contribution is -0.127. The third kappa shape index (κ3) is 4.10. The van der Waals surface area contributed by atoms with Crippen molar-refractivity contribution in [3.05, 3.63) is 46.5 Å². The second-order valence-electron chi connectivity index (χ2n) is 7.65. The van der Waals surface area contributed by atoms with Gasteiger partial charge in [-0.15, -0.1) is 11.3 Å². The van der Waals surface area contributed by atoms with Crippen molar-refractivity contribution < 1.29 is 14.0 Å². The van der Waals surface area contributed by atoms with Crippen molar-refractivity contribution in [3.63, 3.8) is 0 Å². The number of hydrogen-bond donors (Lipinski definition) is 1. The van der Waals surface area contributed by atoms with Crippen LogP contribution in [0.25, 0.3) is 0 Å². The van der Waals surface area contributed by atoms with E-state index in [1.54, 1.807) is 22.3 Å². The standard InChI is InChI=1S/C21H26N2O3S/c24-20(22-19(15-5-1-2-6-15)18-8-4-12-27-18)16-7-3-10-23(13-16)21(25)17-9-11-26-14-17/h4,8-9,11-12,14-16,19H,1-3,5-7,10,13H2,(H,22,24)/t16-,19-/m0/s1. The Labute approximate surface area is 163 Å². The zero-order chi connectivity index (χ0) is 18.6. The predicted octanol–water partition coefficient (Wildman–Crippen LogP) is 4.24. The molecular formula is C21H26N2O3S. The summed E-state index contributed by atoms with van der Waals surface area (Å²) in [6, 6.07) is 5.97. The highest BCUT2D eigenvalue weighted by Crippen LogP contribution is 2.37. The Morgan fingerprint density at radius 2 is 2.04 bits per heavy atom. The van der Waals surface area contributed by atoms with E-state index in [1.165, 1.54) is 43.1 Å². The van der Waals surface area contributed by atoms with Crippen LogP contribution in [0.3, 0.4) is 0 Å². The summed E-state index contributed by atoms with van der Waals surface area (Å²) >= 11 is 1.72. The topological polar surface area (TPSA) is 62.6 Å². The second-order valence-corrected chi connectivity index (χ2v) is 8.63. The van der Waals surface area contributed by atoms with E-state index in [0.29, 0.717) is 24.6 Å². The van der Waals surface area contributed by atoms with Crippen LogP contribution in [0.2, 0.25) is 0 Å². The Morgan fingerprint density at radius 3 is 2.74 bits per heavy atom. The summed E-state index contributed by atoms with van der Waals surface area (Å²) in [7, 11) is 0. The molecule has 27 heavy (non-hydrogen) atoms. The SMILES string of the molecule is O=C(N[C@H](c1cccs1)C1CCCC1)[C@H]1CCCN(C(=O)c2ccoc2)C1. The third-order valence-electron chi connectivity index (χ3n) is 5.87. The average Bonchev–Trinajstić information content (AvgIpc) is 3.48. The van der Waals surface area contributed by atoms with Crippen molar-refractivity contribution in [2.45, 2.75) is 44.6 Å². The van der Waals surface area contributed by atoms with Gasteiger partial charge in [0.15, 0.2) is 0 Å². The summed E-state index contributed by atoms with van der Waals surface area (Å²) in [4.78, 5) is 28.7. The molecule has 6 heteroatoms. The summed E-state index contributed by atoms with van der Waals surface area (Å²) in [5.74, 6) is 0.426. The van der Waals surface area contributed by atoms with Gasteiger partial charge < -0.3 is 14.6 Å². The summed E-state index contributed by atoms with van der Waals surface area (Å²) < 4.78 is 5.03. The molecule has 2 aromatic rings. The van der Waals surface area contributed by atoms with Gasteiger partial charge in [-0.1, -0.05) is 18.9 Å². The molecule has 1 aliphatic carbocycles. The Kier molecular flexibility index (Phi) is 5.62. The number of hydrogen-bond acceptors (Lipinski definition) is 4. The fourth-order valence-corrected chi connectivity index (χ4v) is 5.27. The number of thiophene rings is 1. The number of nitrogens with one attached hydrogen (secondary N) is 1. The maximum absolute atomic E-state index is 13.1. The quantitative estimate of drug-likeness (QED) is 0.836. The van der Waals surface area contributed by atoms with Gasteiger partial charge in [-0.2, -0.15) is 0 Å². The molecule has 2 amide bonds. The van der Waals surface area contributed by atoms with Crippen LogP contribution in [0.5, 0.6) is 0 Å². The Bertz CT molecular complexity index is 751. The summed E-state index contributed by atoms with van der Waals surface area (Å²) in [6.45, 7) is 1.18. The van der Waals surface area contributed by atoms with E-state index in [0.717, 1.165) is 12.8 Å². The maximum atomic E-state index is 13.1. The lowest BCUT2D eigenvalue weighted by Gasteiger charge is -2.33. The number of piperidine rings is 1. The minimum atomic E-state index is -0.140. The van der Waals surface area contributed by atoms with Gasteiger partial charge in [0.25, 0.3) is 5.91 Å². The number of nitrogens with zero attached hydrogens (tertiary/aromatic N) is 1. The Morgan fingerprint density at radius 1 is 1.19 bits per heavy atom. The number of likely N-dealkylation sites (tertiary alicyclic amines) is 1. The lowest BCUT2D eigenvalue weighted by atomic mass is 9.93. The molecule has 2 fully saturated rings. The van der Waals surface area contributed by atoms with Gasteiger partial charge in [-0.05, 0) is 49.1 Å². The van der Waals surface area contributed by atoms with E-state index in [1.807, 2.05) is 0 Å². The van der Waals surface area contributed by atoms with Crippen LogP contribution < -0.4 is 5.32 Å². The van der Waals surface area contributed by atoms with Crippen LogP contribution in [0.1, 0.15) is 59.8 Å². The first kappa shape index (κ1) is 18.3. The highest BCUT2D eigenvalue weighted by Gasteiger charge is 2.33. The molecule has 0 radical (unpaired) electrons. The van der Waals surface area contributed by atoms with E-state index < -0.39 is 0 Å². The van der Waals surface area contributed by atoms with Crippen LogP contribution in [0.15, 0.2) is 40.5 Å². The molecule has 1 saturated heterocycles. The molecule has 1 aliphatic heterocycles. The van der Waals surface area contributed by atoms with Crippen molar-refractivity contribution in [3.8, 4) is 0 Å². The zero-order valence-corrected chi connectivity index (χ0v) is 16.2. The first-order valence-electron chi connectivity index (χ1n) is 9.87. The van der Waals surface area contributed by atoms with Crippen molar-refractivity contribution in [1.29, 1.82) is 0 Å². The largest absolute Gasteiger partial charge is 0.472 e. The molecule has 2 aliphatic rings. The molecule has 144 valence electrons. The summed E-state index contributed by atoms with van der Waals surface area (Å²) in [5, 5.41) is 5.42. The molecule has 3 heterocycles. The van der Waals surface area contributed by atoms with E-state index in [-0.39, 0.29) is 23.8 Å². The average molecular weight is 387 g/mol. The third-order valence-corrected chi connectivity index (χ3v) is 6.82. The van der Waals surface area contributed by atoms with Crippen molar-refractivity contribution >= 4 is 23.2 Å². The molecule has 5 nitrogen and oxygen atoms in total. The molecular weight excluding hydrogens is 360 g/mol. The van der Waals surface area contributed by atoms with Gasteiger partial charge in [0, 0.05) is 18.0 Å². The van der Waals surface area contributed by atoms with E-state index in [2.05, 4.69) is 22.8 Å². The molecule has 2 aromatic heterocycles. The minimum absolute atomic E-state index is 0.0492. The number of carbonyl (C=O) groups is 2. The first-order valence-corrected chi connectivity index (χ1v) is 10.8. The molecule has 2 atom stereocenters. The Balaban J connectivity index is 1.42. The van der Waals surface area contributed by atoms with E-state index in [9.17, 15) is 9.59 Å². The van der Waals surface area contributed by atoms with E-state index in [4.69, 9.17) is 4.42 Å². The lowest BCUT2D eigenvalue weighted by Crippen LogP contribution is -2.46. The number of furan rings is 1. The monoisotopic (exact) mass is 386 g/mol. The molecule has 0 spiro atoms. The molecule has 0 aromatic carbocycles. The van der Waals surface area contributed by atoms with Gasteiger partial charge in [-0.3, -0.25) is 9.59 Å². The maximum Gasteiger partial charge on any atom is 0.257 e. The van der Waals surface area contributed by atoms with Crippen LogP contribution in [-0.4, -0.2) is 29.8 Å². The predicted molar refractivity (Wildman–Crippen MR) is 104 cm³/mol. The fraction of sp³-hybridized carbons (Fsp3) is 0.524. The van der Waals surface area contributed by atoms with Crippen LogP contribution in [-0.2, 0) is 4.79 Å². The van der Waals surface area contributed by atoms with Crippen molar-refractivity contribution in [2.24, 2.45) is 11.8 Å². The van der Waals surface area contributed by atoms with Crippen LogP contribution in [0.4, 0.5) is 0 Å². The number of rotatable bonds is 5. The molecule has 1 saturated carbocycles. The highest BCUT2D eigenvalue weighted by molar-refractivity contribution is 7.10. The second kappa shape index (κ2) is 8.30. The normalized spacial score (nSPS) is 21.9. The van der Waals surface area contributed by atoms with Gasteiger partial charge in [0.2, 0.25) is 5.91 Å². The molecule has 0 bridgehead atoms. The van der Waals surface area contributed by atoms with Crippen molar-refractivity contribution in [2.75, 3.05) is 13.1 Å². The first-order chi connectivity index (χ1) is 13.2. The number of amides is 2. The molecule has 1 N–H and O–H groups in total. The molecule has 0 unspecified atom stereocenters. The Hall–Kier alpha value is -2.08. The molecule has 4 rings (SSSR count). The summed E-state index contributed by atoms with van der Waals surface area (Å²) in [5.41, 5.74) is 0.554. The van der Waals surface area contributed by atoms with Crippen molar-refractivity contribution in [1.82, 2.24) is 10.2 Å². The minimum Gasteiger partial charge on any atom is -0.472 e. The number of carbonyl (C=O) groups excluding carboxylic acids is 2. The fourth-order valence-electron chi connectivity index (χ4n) is 4.40. The van der Waals surface area contributed by atoms with Gasteiger partial charge in [0.1, 0.15) is 6.26 Å². The van der Waals surface area contributed by atoms with Gasteiger partial charge in [-0.25, -0.2) is 0 Å². The smallest absolute Gasteiger partial charge is 0.257 e. The van der Waals surface area contributed by atoms with Crippen LogP contribution in [0, 0.1) is 11.8 Å².